The Labute approximate surface area is 166 Å². The molecule has 0 radical (unpaired) electrons. The largest absolute Gasteiger partial charge is 0.483 e. The summed E-state index contributed by atoms with van der Waals surface area (Å²) in [6, 6.07) is 5.93. The van der Waals surface area contributed by atoms with Crippen LogP contribution in [0.25, 0.3) is 0 Å². The molecule has 1 amide bonds. The number of nitrogens with one attached hydrogen (secondary N) is 1. The Kier molecular flexibility index (Phi) is 6.64. The van der Waals surface area contributed by atoms with Crippen LogP contribution in [0.4, 0.5) is 5.13 Å². The molecule has 1 aliphatic rings. The zero-order valence-corrected chi connectivity index (χ0v) is 17.5. The molecule has 140 valence electrons. The summed E-state index contributed by atoms with van der Waals surface area (Å²) in [5.74, 6) is 1.37. The van der Waals surface area contributed by atoms with Crippen LogP contribution < -0.4 is 10.1 Å². The van der Waals surface area contributed by atoms with Gasteiger partial charge in [0.05, 0.1) is 4.47 Å². The summed E-state index contributed by atoms with van der Waals surface area (Å²) < 4.78 is 6.48. The van der Waals surface area contributed by atoms with Crippen molar-refractivity contribution < 1.29 is 9.53 Å². The lowest BCUT2D eigenvalue weighted by molar-refractivity contribution is -0.118. The Hall–Kier alpha value is -1.47. The van der Waals surface area contributed by atoms with E-state index in [4.69, 9.17) is 4.74 Å². The van der Waals surface area contributed by atoms with Crippen LogP contribution in [0, 0.1) is 0 Å². The maximum atomic E-state index is 12.1. The molecule has 1 aromatic heterocycles. The quantitative estimate of drug-likeness (QED) is 0.648. The Bertz CT molecular complexity index is 757. The first kappa shape index (κ1) is 19.3. The molecular weight excluding hydrogens is 414 g/mol. The smallest absolute Gasteiger partial charge is 0.264 e. The SMILES string of the molecule is CC(C)c1ccc(OCC(=O)Nc2nnc(C3CCCCC3)s2)c(Br)c1. The zero-order chi connectivity index (χ0) is 18.5. The number of anilines is 1. The van der Waals surface area contributed by atoms with Gasteiger partial charge in [0.1, 0.15) is 10.8 Å². The molecule has 1 saturated carbocycles. The third-order valence-corrected chi connectivity index (χ3v) is 6.24. The summed E-state index contributed by atoms with van der Waals surface area (Å²) in [5.41, 5.74) is 1.22. The number of carbonyl (C=O) groups excluding carboxylic acids is 1. The number of carbonyl (C=O) groups is 1. The molecule has 1 fully saturated rings. The molecule has 1 aromatic carbocycles. The van der Waals surface area contributed by atoms with Crippen molar-refractivity contribution in [1.29, 1.82) is 0 Å². The Morgan fingerprint density at radius 1 is 1.31 bits per heavy atom. The summed E-state index contributed by atoms with van der Waals surface area (Å²) in [5, 5.41) is 12.7. The third-order valence-electron chi connectivity index (χ3n) is 4.62. The second kappa shape index (κ2) is 8.95. The molecule has 3 rings (SSSR count). The molecule has 0 bridgehead atoms. The van der Waals surface area contributed by atoms with E-state index in [0.29, 0.717) is 22.7 Å². The van der Waals surface area contributed by atoms with E-state index >= 15 is 0 Å². The van der Waals surface area contributed by atoms with Crippen molar-refractivity contribution in [3.05, 3.63) is 33.2 Å². The summed E-state index contributed by atoms with van der Waals surface area (Å²) in [6.45, 7) is 4.22. The molecule has 7 heteroatoms. The van der Waals surface area contributed by atoms with Crippen LogP contribution in [-0.4, -0.2) is 22.7 Å². The van der Waals surface area contributed by atoms with Crippen molar-refractivity contribution in [3.63, 3.8) is 0 Å². The van der Waals surface area contributed by atoms with Crippen LogP contribution in [0.1, 0.15) is 68.4 Å². The molecule has 0 saturated heterocycles. The standard InChI is InChI=1S/C19H24BrN3O2S/c1-12(2)14-8-9-16(15(20)10-14)25-11-17(24)21-19-23-22-18(26-19)13-6-4-3-5-7-13/h8-10,12-13H,3-7,11H2,1-2H3,(H,21,23,24). The van der Waals surface area contributed by atoms with Gasteiger partial charge in [-0.15, -0.1) is 10.2 Å². The van der Waals surface area contributed by atoms with Gasteiger partial charge < -0.3 is 4.74 Å². The number of nitrogens with zero attached hydrogens (tertiary/aromatic N) is 2. The van der Waals surface area contributed by atoms with Crippen LogP contribution in [0.3, 0.4) is 0 Å². The molecule has 1 N–H and O–H groups in total. The van der Waals surface area contributed by atoms with Crippen LogP contribution >= 0.6 is 27.3 Å². The van der Waals surface area contributed by atoms with Crippen LogP contribution in [0.15, 0.2) is 22.7 Å². The highest BCUT2D eigenvalue weighted by molar-refractivity contribution is 9.10. The van der Waals surface area contributed by atoms with Gasteiger partial charge in [0.15, 0.2) is 6.61 Å². The van der Waals surface area contributed by atoms with Gasteiger partial charge in [-0.2, -0.15) is 0 Å². The van der Waals surface area contributed by atoms with Crippen molar-refractivity contribution in [3.8, 4) is 5.75 Å². The van der Waals surface area contributed by atoms with Crippen molar-refractivity contribution >= 4 is 38.3 Å². The molecule has 0 spiro atoms. The monoisotopic (exact) mass is 437 g/mol. The first-order valence-electron chi connectivity index (χ1n) is 9.08. The van der Waals surface area contributed by atoms with E-state index in [1.165, 1.54) is 49.0 Å². The van der Waals surface area contributed by atoms with Crippen molar-refractivity contribution in [2.24, 2.45) is 0 Å². The molecular formula is C19H24BrN3O2S. The summed E-state index contributed by atoms with van der Waals surface area (Å²) in [4.78, 5) is 12.1. The number of hydrogen-bond donors (Lipinski definition) is 1. The first-order valence-corrected chi connectivity index (χ1v) is 10.7. The average Bonchev–Trinajstić information content (AvgIpc) is 3.09. The lowest BCUT2D eigenvalue weighted by Crippen LogP contribution is -2.20. The molecule has 1 heterocycles. The first-order chi connectivity index (χ1) is 12.5. The fourth-order valence-corrected chi connectivity index (χ4v) is 4.53. The molecule has 0 unspecified atom stereocenters. The number of aromatic nitrogens is 2. The highest BCUT2D eigenvalue weighted by Crippen LogP contribution is 2.35. The average molecular weight is 438 g/mol. The fourth-order valence-electron chi connectivity index (χ4n) is 3.09. The number of amides is 1. The molecule has 0 atom stereocenters. The molecule has 26 heavy (non-hydrogen) atoms. The van der Waals surface area contributed by atoms with E-state index in [9.17, 15) is 4.79 Å². The highest BCUT2D eigenvalue weighted by Gasteiger charge is 2.20. The van der Waals surface area contributed by atoms with Crippen LogP contribution in [-0.2, 0) is 4.79 Å². The van der Waals surface area contributed by atoms with Gasteiger partial charge in [0.25, 0.3) is 5.91 Å². The second-order valence-corrected chi connectivity index (χ2v) is 8.83. The molecule has 0 aliphatic heterocycles. The number of halogens is 1. The summed E-state index contributed by atoms with van der Waals surface area (Å²) >= 11 is 4.98. The second-order valence-electron chi connectivity index (χ2n) is 6.96. The lowest BCUT2D eigenvalue weighted by atomic mass is 9.90. The maximum Gasteiger partial charge on any atom is 0.264 e. The predicted octanol–water partition coefficient (Wildman–Crippen LogP) is 5.49. The van der Waals surface area contributed by atoms with Gasteiger partial charge in [-0.05, 0) is 52.4 Å². The predicted molar refractivity (Wildman–Crippen MR) is 108 cm³/mol. The van der Waals surface area contributed by atoms with Crippen molar-refractivity contribution in [1.82, 2.24) is 10.2 Å². The topological polar surface area (TPSA) is 64.1 Å². The Balaban J connectivity index is 1.52. The van der Waals surface area contributed by atoms with Crippen molar-refractivity contribution in [2.45, 2.75) is 57.8 Å². The van der Waals surface area contributed by atoms with E-state index in [-0.39, 0.29) is 12.5 Å². The third kappa shape index (κ3) is 5.04. The van der Waals surface area contributed by atoms with Crippen molar-refractivity contribution in [2.75, 3.05) is 11.9 Å². The summed E-state index contributed by atoms with van der Waals surface area (Å²) in [6.07, 6.45) is 6.16. The minimum absolute atomic E-state index is 0.0576. The Morgan fingerprint density at radius 2 is 2.08 bits per heavy atom. The molecule has 1 aliphatic carbocycles. The number of benzene rings is 1. The lowest BCUT2D eigenvalue weighted by Gasteiger charge is -2.18. The number of ether oxygens (including phenoxy) is 1. The van der Waals surface area contributed by atoms with E-state index in [1.54, 1.807) is 0 Å². The molecule has 5 nitrogen and oxygen atoms in total. The van der Waals surface area contributed by atoms with Crippen LogP contribution in [0.2, 0.25) is 0 Å². The van der Waals surface area contributed by atoms with Gasteiger partial charge >= 0.3 is 0 Å². The van der Waals surface area contributed by atoms with Gasteiger partial charge in [0, 0.05) is 5.92 Å². The number of rotatable bonds is 6. The van der Waals surface area contributed by atoms with E-state index in [2.05, 4.69) is 45.3 Å². The van der Waals surface area contributed by atoms with Crippen LogP contribution in [0.5, 0.6) is 5.75 Å². The molecule has 2 aromatic rings. The van der Waals surface area contributed by atoms with E-state index < -0.39 is 0 Å². The van der Waals surface area contributed by atoms with E-state index in [1.807, 2.05) is 18.2 Å². The van der Waals surface area contributed by atoms with Gasteiger partial charge in [0.2, 0.25) is 5.13 Å². The van der Waals surface area contributed by atoms with Gasteiger partial charge in [-0.25, -0.2) is 0 Å². The Morgan fingerprint density at radius 3 is 2.77 bits per heavy atom. The minimum atomic E-state index is -0.226. The minimum Gasteiger partial charge on any atom is -0.483 e. The fraction of sp³-hybridized carbons (Fsp3) is 0.526. The van der Waals surface area contributed by atoms with Gasteiger partial charge in [-0.3, -0.25) is 10.1 Å². The highest BCUT2D eigenvalue weighted by atomic mass is 79.9. The maximum absolute atomic E-state index is 12.1. The number of hydrogen-bond acceptors (Lipinski definition) is 5. The zero-order valence-electron chi connectivity index (χ0n) is 15.1. The normalized spacial score (nSPS) is 15.2. The summed E-state index contributed by atoms with van der Waals surface area (Å²) in [7, 11) is 0. The van der Waals surface area contributed by atoms with E-state index in [0.717, 1.165) is 9.48 Å². The van der Waals surface area contributed by atoms with Gasteiger partial charge in [-0.1, -0.05) is 50.5 Å².